The van der Waals surface area contributed by atoms with E-state index < -0.39 is 24.7 Å². The van der Waals surface area contributed by atoms with Gasteiger partial charge in [0.2, 0.25) is 5.91 Å². The molecule has 1 aliphatic rings. The van der Waals surface area contributed by atoms with Crippen LogP contribution in [0.5, 0.6) is 0 Å². The molecule has 1 saturated heterocycles. The minimum Gasteiger partial charge on any atom is -0.295 e. The van der Waals surface area contributed by atoms with E-state index in [0.717, 1.165) is 5.56 Å². The van der Waals surface area contributed by atoms with Crippen molar-refractivity contribution < 1.29 is 11.6 Å². The van der Waals surface area contributed by atoms with Gasteiger partial charge in [-0.25, -0.2) is 4.98 Å². The van der Waals surface area contributed by atoms with Crippen LogP contribution in [0.3, 0.4) is 0 Å². The highest BCUT2D eigenvalue weighted by Crippen LogP contribution is 2.27. The van der Waals surface area contributed by atoms with Crippen LogP contribution in [-0.2, 0) is 11.2 Å². The van der Waals surface area contributed by atoms with E-state index in [2.05, 4.69) is 20.2 Å². The minimum absolute atomic E-state index is 0.181. The molecular formula is C19H16ClN5O. The molecule has 7 heteroatoms. The van der Waals surface area contributed by atoms with Crippen LogP contribution in [0.1, 0.15) is 18.8 Å². The average Bonchev–Trinajstić information content (AvgIpc) is 2.85. The van der Waals surface area contributed by atoms with Crippen molar-refractivity contribution in [3.63, 3.8) is 0 Å². The van der Waals surface area contributed by atoms with Crippen molar-refractivity contribution >= 4 is 23.3 Å². The summed E-state index contributed by atoms with van der Waals surface area (Å²) in [6, 6.07) is 9.35. The molecule has 0 radical (unpaired) electrons. The monoisotopic (exact) mass is 370 g/mol. The van der Waals surface area contributed by atoms with E-state index in [0.29, 0.717) is 16.2 Å². The van der Waals surface area contributed by atoms with Gasteiger partial charge in [-0.3, -0.25) is 14.7 Å². The minimum atomic E-state index is -2.86. The molecule has 0 bridgehead atoms. The van der Waals surface area contributed by atoms with Gasteiger partial charge in [-0.2, -0.15) is 0 Å². The summed E-state index contributed by atoms with van der Waals surface area (Å²) in [4.78, 5) is 21.6. The van der Waals surface area contributed by atoms with Gasteiger partial charge in [0.05, 0.1) is 5.69 Å². The number of hydrogen-bond acceptors (Lipinski definition) is 5. The van der Waals surface area contributed by atoms with Crippen molar-refractivity contribution in [2.75, 3.05) is 11.4 Å². The average molecular weight is 371 g/mol. The van der Waals surface area contributed by atoms with Crippen LogP contribution in [0.4, 0.5) is 5.82 Å². The molecular weight excluding hydrogens is 350 g/mol. The summed E-state index contributed by atoms with van der Waals surface area (Å²) in [5.74, 6) is -3.68. The van der Waals surface area contributed by atoms with Gasteiger partial charge in [-0.15, -0.1) is 10.2 Å². The fourth-order valence-electron chi connectivity index (χ4n) is 2.48. The maximum Gasteiger partial charge on any atom is 0.231 e. The molecule has 0 aromatic carbocycles. The van der Waals surface area contributed by atoms with Crippen molar-refractivity contribution in [1.82, 2.24) is 20.2 Å². The van der Waals surface area contributed by atoms with Gasteiger partial charge in [0.25, 0.3) is 0 Å². The smallest absolute Gasteiger partial charge is 0.231 e. The van der Waals surface area contributed by atoms with E-state index in [4.69, 9.17) is 18.5 Å². The molecule has 4 heterocycles. The summed E-state index contributed by atoms with van der Waals surface area (Å²) in [5, 5.41) is 8.20. The van der Waals surface area contributed by atoms with Gasteiger partial charge in [0, 0.05) is 43.4 Å². The Morgan fingerprint density at radius 1 is 1.19 bits per heavy atom. The van der Waals surface area contributed by atoms with Crippen LogP contribution in [0.2, 0.25) is 5.15 Å². The lowest BCUT2D eigenvalue weighted by molar-refractivity contribution is -0.120. The first kappa shape index (κ1) is 11.7. The maximum atomic E-state index is 13.2. The summed E-state index contributed by atoms with van der Waals surface area (Å²) in [6.07, 6.45) is 1.26. The van der Waals surface area contributed by atoms with E-state index in [-0.39, 0.29) is 17.4 Å². The number of carbonyl (C=O) groups excluding carboxylic acids is 1. The van der Waals surface area contributed by atoms with Crippen LogP contribution in [0.25, 0.3) is 11.3 Å². The van der Waals surface area contributed by atoms with Gasteiger partial charge in [-0.1, -0.05) is 17.7 Å². The third kappa shape index (κ3) is 3.41. The highest BCUT2D eigenvalue weighted by Gasteiger charge is 2.33. The maximum absolute atomic E-state index is 13.2. The number of anilines is 1. The second-order valence-electron chi connectivity index (χ2n) is 5.53. The third-order valence-electron chi connectivity index (χ3n) is 3.81. The number of halogens is 1. The first-order chi connectivity index (χ1) is 14.6. The molecule has 1 fully saturated rings. The van der Waals surface area contributed by atoms with Crippen molar-refractivity contribution in [2.24, 2.45) is 5.89 Å². The van der Waals surface area contributed by atoms with Crippen LogP contribution in [0, 0.1) is 5.89 Å². The van der Waals surface area contributed by atoms with Crippen molar-refractivity contribution in [3.8, 4) is 11.3 Å². The quantitative estimate of drug-likeness (QED) is 0.659. The molecule has 3 aromatic heterocycles. The number of aromatic nitrogens is 4. The summed E-state index contributed by atoms with van der Waals surface area (Å²) in [5.41, 5.74) is 1.59. The van der Waals surface area contributed by atoms with Gasteiger partial charge in [0.15, 0.2) is 5.82 Å². The van der Waals surface area contributed by atoms with Gasteiger partial charge in [-0.05, 0) is 48.7 Å². The van der Waals surface area contributed by atoms with E-state index in [1.54, 1.807) is 30.6 Å². The molecule has 0 saturated carbocycles. The molecule has 130 valence electrons. The number of pyridine rings is 2. The van der Waals surface area contributed by atoms with E-state index >= 15 is 0 Å². The number of nitrogens with zero attached hydrogens (tertiary/aromatic N) is 5. The molecule has 6 nitrogen and oxygen atoms in total. The van der Waals surface area contributed by atoms with Gasteiger partial charge in [0.1, 0.15) is 5.15 Å². The number of hydrogen-bond donors (Lipinski definition) is 0. The van der Waals surface area contributed by atoms with Crippen LogP contribution < -0.4 is 4.90 Å². The molecule has 1 amide bonds. The zero-order valence-electron chi connectivity index (χ0n) is 18.4. The lowest BCUT2D eigenvalue weighted by Crippen LogP contribution is -2.28. The Morgan fingerprint density at radius 3 is 2.73 bits per heavy atom. The zero-order chi connectivity index (χ0) is 22.4. The molecule has 0 spiro atoms. The third-order valence-corrected chi connectivity index (χ3v) is 4.03. The molecule has 0 unspecified atom stereocenters. The largest absolute Gasteiger partial charge is 0.295 e. The fraction of sp³-hybridized carbons (Fsp3) is 0.211. The Balaban J connectivity index is 1.71. The van der Waals surface area contributed by atoms with Crippen molar-refractivity contribution in [3.05, 3.63) is 65.7 Å². The van der Waals surface area contributed by atoms with Gasteiger partial charge < -0.3 is 0 Å². The summed E-state index contributed by atoms with van der Waals surface area (Å²) in [6.45, 7) is -2.83. The second-order valence-corrected chi connectivity index (χ2v) is 5.92. The predicted octanol–water partition coefficient (Wildman–Crippen LogP) is 3.18. The van der Waals surface area contributed by atoms with Crippen molar-refractivity contribution in [1.29, 1.82) is 0 Å². The Hall–Kier alpha value is -2.86. The molecule has 0 aliphatic carbocycles. The first-order valence-corrected chi connectivity index (χ1v) is 8.15. The SMILES string of the molecule is [2H]C1([2H])N(c2ccc(-c3ccncc3)nn2)C(=O)[C@@]([2H])(Cc2ccc(Cl)nc2)C1([2H])[2H]. The number of rotatable bonds is 4. The highest BCUT2D eigenvalue weighted by molar-refractivity contribution is 6.29. The summed E-state index contributed by atoms with van der Waals surface area (Å²) in [7, 11) is 0. The molecule has 0 N–H and O–H groups in total. The summed E-state index contributed by atoms with van der Waals surface area (Å²) < 4.78 is 42.1. The molecule has 1 aliphatic heterocycles. The number of carbonyl (C=O) groups is 1. The Bertz CT molecular complexity index is 1110. The lowest BCUT2D eigenvalue weighted by atomic mass is 9.99. The molecule has 26 heavy (non-hydrogen) atoms. The van der Waals surface area contributed by atoms with Crippen molar-refractivity contribution in [2.45, 2.75) is 12.8 Å². The molecule has 1 atom stereocenters. The van der Waals surface area contributed by atoms with Gasteiger partial charge >= 0.3 is 0 Å². The fourth-order valence-corrected chi connectivity index (χ4v) is 2.59. The Kier molecular flexibility index (Phi) is 3.23. The molecule has 3 aromatic rings. The topological polar surface area (TPSA) is 71.9 Å². The Labute approximate surface area is 162 Å². The van der Waals surface area contributed by atoms with E-state index in [1.807, 2.05) is 0 Å². The Morgan fingerprint density at radius 2 is 2.04 bits per heavy atom. The first-order valence-electron chi connectivity index (χ1n) is 10.3. The number of amides is 1. The predicted molar refractivity (Wildman–Crippen MR) is 98.7 cm³/mol. The van der Waals surface area contributed by atoms with E-state index in [1.165, 1.54) is 24.4 Å². The zero-order valence-corrected chi connectivity index (χ0v) is 14.2. The standard InChI is InChI=1S/C19H16ClN5O/c20-17-3-1-13(12-22-17)11-15-7-10-25(19(15)26)18-4-2-16(23-24-18)14-5-8-21-9-6-14/h1-6,8-9,12,15H,7,10-11H2/t15-/m1/s1/i7D2,10D2,15D. The summed E-state index contributed by atoms with van der Waals surface area (Å²) >= 11 is 5.77. The van der Waals surface area contributed by atoms with Crippen LogP contribution >= 0.6 is 11.6 Å². The molecule has 4 rings (SSSR count). The second kappa shape index (κ2) is 7.17. The van der Waals surface area contributed by atoms with E-state index in [9.17, 15) is 4.79 Å². The lowest BCUT2D eigenvalue weighted by Gasteiger charge is -2.15. The highest BCUT2D eigenvalue weighted by atomic mass is 35.5. The normalized spacial score (nSPS) is 26.4. The van der Waals surface area contributed by atoms with Crippen LogP contribution in [-0.4, -0.2) is 32.6 Å². The van der Waals surface area contributed by atoms with Crippen LogP contribution in [0.15, 0.2) is 55.0 Å².